The van der Waals surface area contributed by atoms with Crippen molar-refractivity contribution in [1.82, 2.24) is 4.98 Å². The summed E-state index contributed by atoms with van der Waals surface area (Å²) in [5.41, 5.74) is 0.569. The van der Waals surface area contributed by atoms with E-state index < -0.39 is 5.24 Å². The summed E-state index contributed by atoms with van der Waals surface area (Å²) in [5, 5.41) is 7.17. The number of rotatable bonds is 6. The molecule has 1 amide bonds. The molecular weight excluding hydrogens is 325 g/mol. The van der Waals surface area contributed by atoms with E-state index in [-0.39, 0.29) is 30.8 Å². The van der Waals surface area contributed by atoms with Crippen molar-refractivity contribution in [2.45, 2.75) is 6.61 Å². The number of nitrogens with zero attached hydrogens (tertiary/aromatic N) is 2. The minimum Gasteiger partial charge on any atom is -0.389 e. The van der Waals surface area contributed by atoms with Crippen LogP contribution in [0.4, 0.5) is 5.13 Å². The lowest BCUT2D eigenvalue weighted by Crippen LogP contribution is -2.12. The average Bonchev–Trinajstić information content (AvgIpc) is 2.72. The smallest absolute Gasteiger partial charge is 0.266 e. The molecule has 0 bridgehead atoms. The van der Waals surface area contributed by atoms with Crippen LogP contribution in [0.3, 0.4) is 0 Å². The summed E-state index contributed by atoms with van der Waals surface area (Å²) in [6.07, 6.45) is 0.837. The summed E-state index contributed by atoms with van der Waals surface area (Å²) in [7, 11) is 0. The summed E-state index contributed by atoms with van der Waals surface area (Å²) < 4.78 is 0. The van der Waals surface area contributed by atoms with Gasteiger partial charge in [0.15, 0.2) is 11.7 Å². The van der Waals surface area contributed by atoms with E-state index >= 15 is 0 Å². The lowest BCUT2D eigenvalue weighted by molar-refractivity contribution is -0.114. The van der Waals surface area contributed by atoms with E-state index in [1.807, 2.05) is 0 Å². The van der Waals surface area contributed by atoms with Gasteiger partial charge >= 0.3 is 0 Å². The lowest BCUT2D eigenvalue weighted by atomic mass is 10.5. The Morgan fingerprint density at radius 2 is 2.33 bits per heavy atom. The number of aromatic nitrogens is 1. The van der Waals surface area contributed by atoms with E-state index in [0.717, 1.165) is 6.21 Å². The molecule has 0 spiro atoms. The Bertz CT molecular complexity index is 438. The van der Waals surface area contributed by atoms with Crippen LogP contribution in [0.25, 0.3) is 0 Å². The number of carbonyl (C=O) groups excluding carboxylic acids is 2. The monoisotopic (exact) mass is 331 g/mol. The van der Waals surface area contributed by atoms with Gasteiger partial charge in [0.2, 0.25) is 5.91 Å². The first-order valence-electron chi connectivity index (χ1n) is 4.27. The van der Waals surface area contributed by atoms with Gasteiger partial charge in [-0.15, -0.1) is 35.3 Å². The predicted octanol–water partition coefficient (Wildman–Crippen LogP) is 2.01. The normalized spacial score (nSPS) is 9.89. The number of hydrogen-bond donors (Lipinski definition) is 1. The number of carbonyl (C=O) groups is 2. The molecule has 100 valence electrons. The zero-order valence-electron chi connectivity index (χ0n) is 8.76. The van der Waals surface area contributed by atoms with E-state index in [0.29, 0.717) is 10.8 Å². The molecule has 0 radical (unpaired) electrons. The number of alkyl halides is 1. The van der Waals surface area contributed by atoms with Crippen molar-refractivity contribution in [3.63, 3.8) is 0 Å². The minimum atomic E-state index is -0.724. The first-order chi connectivity index (χ1) is 8.11. The molecule has 1 heterocycles. The summed E-state index contributed by atoms with van der Waals surface area (Å²) in [6, 6.07) is 0. The molecule has 0 aliphatic rings. The molecule has 0 unspecified atom stereocenters. The molecule has 0 fully saturated rings. The van der Waals surface area contributed by atoms with Crippen molar-refractivity contribution in [2.24, 2.45) is 5.16 Å². The van der Waals surface area contributed by atoms with Crippen LogP contribution in [0, 0.1) is 0 Å². The van der Waals surface area contributed by atoms with Gasteiger partial charge in [-0.3, -0.25) is 9.59 Å². The maximum absolute atomic E-state index is 10.9. The van der Waals surface area contributed by atoms with Crippen molar-refractivity contribution in [3.8, 4) is 0 Å². The zero-order valence-corrected chi connectivity index (χ0v) is 11.9. The third-order valence-electron chi connectivity index (χ3n) is 1.36. The second-order valence-electron chi connectivity index (χ2n) is 2.64. The molecule has 0 aliphatic heterocycles. The van der Waals surface area contributed by atoms with Crippen molar-refractivity contribution < 1.29 is 14.4 Å². The highest BCUT2D eigenvalue weighted by molar-refractivity contribution is 7.13. The highest BCUT2D eigenvalue weighted by Crippen LogP contribution is 2.15. The first kappa shape index (κ1) is 17.1. The van der Waals surface area contributed by atoms with Gasteiger partial charge in [-0.1, -0.05) is 5.16 Å². The molecule has 6 nitrogen and oxygen atoms in total. The standard InChI is InChI=1S/C8H7Cl2N3O3S.ClH/c9-1-7(15)13-8-12-5(4-17-8)3-16-11-2-6(10)14;/h2,4H,1,3H2,(H,12,13,15);1H/b11-2-;. The van der Waals surface area contributed by atoms with E-state index in [9.17, 15) is 9.59 Å². The van der Waals surface area contributed by atoms with Crippen LogP contribution >= 0.6 is 46.9 Å². The first-order valence-corrected chi connectivity index (χ1v) is 6.06. The van der Waals surface area contributed by atoms with Crippen molar-refractivity contribution >= 4 is 69.4 Å². The van der Waals surface area contributed by atoms with E-state index in [1.165, 1.54) is 11.3 Å². The number of nitrogens with one attached hydrogen (secondary N) is 1. The lowest BCUT2D eigenvalue weighted by Gasteiger charge is -1.96. The molecule has 1 N–H and O–H groups in total. The van der Waals surface area contributed by atoms with Gasteiger partial charge in [-0.25, -0.2) is 4.98 Å². The van der Waals surface area contributed by atoms with Crippen molar-refractivity contribution in [3.05, 3.63) is 11.1 Å². The Morgan fingerprint density at radius 3 is 2.94 bits per heavy atom. The summed E-state index contributed by atoms with van der Waals surface area (Å²) in [6.45, 7) is 0.0773. The fourth-order valence-corrected chi connectivity index (χ4v) is 1.58. The number of hydrogen-bond acceptors (Lipinski definition) is 6. The van der Waals surface area contributed by atoms with E-state index in [1.54, 1.807) is 5.38 Å². The molecule has 0 aromatic carbocycles. The van der Waals surface area contributed by atoms with Gasteiger partial charge in [0.25, 0.3) is 5.24 Å². The number of thiazole rings is 1. The number of anilines is 1. The highest BCUT2D eigenvalue weighted by atomic mass is 35.5. The third-order valence-corrected chi connectivity index (χ3v) is 2.51. The number of oxime groups is 1. The Labute approximate surface area is 123 Å². The fourth-order valence-electron chi connectivity index (χ4n) is 0.765. The maximum atomic E-state index is 10.9. The van der Waals surface area contributed by atoms with Crippen LogP contribution < -0.4 is 5.32 Å². The second-order valence-corrected chi connectivity index (χ2v) is 4.14. The van der Waals surface area contributed by atoms with Crippen LogP contribution in [0.15, 0.2) is 10.5 Å². The molecular formula is C8H8Cl3N3O3S. The molecule has 1 rings (SSSR count). The molecule has 1 aromatic heterocycles. The Kier molecular flexibility index (Phi) is 8.65. The van der Waals surface area contributed by atoms with Crippen molar-refractivity contribution in [2.75, 3.05) is 11.2 Å². The Morgan fingerprint density at radius 1 is 1.61 bits per heavy atom. The highest BCUT2D eigenvalue weighted by Gasteiger charge is 2.05. The van der Waals surface area contributed by atoms with Crippen LogP contribution in [0.2, 0.25) is 0 Å². The number of amides is 1. The van der Waals surface area contributed by atoms with Gasteiger partial charge in [0.1, 0.15) is 12.1 Å². The molecule has 0 aliphatic carbocycles. The minimum absolute atomic E-state index is 0. The van der Waals surface area contributed by atoms with Crippen LogP contribution in [0.5, 0.6) is 0 Å². The molecule has 1 aromatic rings. The maximum Gasteiger partial charge on any atom is 0.266 e. The summed E-state index contributed by atoms with van der Waals surface area (Å²) >= 11 is 11.5. The SMILES string of the molecule is Cl.O=C(Cl)/C=N\OCc1csc(NC(=O)CCl)n1. The zero-order chi connectivity index (χ0) is 12.7. The molecule has 0 atom stereocenters. The van der Waals surface area contributed by atoms with Gasteiger partial charge in [-0.2, -0.15) is 0 Å². The summed E-state index contributed by atoms with van der Waals surface area (Å²) in [5.74, 6) is -0.465. The van der Waals surface area contributed by atoms with Crippen molar-refractivity contribution in [1.29, 1.82) is 0 Å². The molecule has 10 heteroatoms. The van der Waals surface area contributed by atoms with Gasteiger partial charge in [0, 0.05) is 5.38 Å². The van der Waals surface area contributed by atoms with Crippen LogP contribution in [-0.4, -0.2) is 28.2 Å². The van der Waals surface area contributed by atoms with E-state index in [4.69, 9.17) is 28.0 Å². The third kappa shape index (κ3) is 6.75. The quantitative estimate of drug-likeness (QED) is 0.374. The van der Waals surface area contributed by atoms with Gasteiger partial charge < -0.3 is 10.2 Å². The largest absolute Gasteiger partial charge is 0.389 e. The van der Waals surface area contributed by atoms with Crippen LogP contribution in [-0.2, 0) is 21.0 Å². The van der Waals surface area contributed by atoms with Crippen LogP contribution in [0.1, 0.15) is 5.69 Å². The topological polar surface area (TPSA) is 80.6 Å². The van der Waals surface area contributed by atoms with Gasteiger partial charge in [-0.05, 0) is 11.6 Å². The molecule has 18 heavy (non-hydrogen) atoms. The second kappa shape index (κ2) is 9.09. The number of halogens is 3. The molecule has 0 saturated carbocycles. The predicted molar refractivity (Wildman–Crippen MR) is 72.9 cm³/mol. The Balaban J connectivity index is 0.00000289. The summed E-state index contributed by atoms with van der Waals surface area (Å²) in [4.78, 5) is 30.0. The average molecular weight is 333 g/mol. The van der Waals surface area contributed by atoms with E-state index in [2.05, 4.69) is 15.5 Å². The van der Waals surface area contributed by atoms with Gasteiger partial charge in [0.05, 0.1) is 5.69 Å². The fraction of sp³-hybridized carbons (Fsp3) is 0.250. The molecule has 0 saturated heterocycles. The Hall–Kier alpha value is -0.890.